The first-order valence-electron chi connectivity index (χ1n) is 5.86. The lowest BCUT2D eigenvalue weighted by Crippen LogP contribution is -1.84. The Hall–Kier alpha value is -1.80. The number of aryl methyl sites for hydroxylation is 2. The first-order valence-corrected chi connectivity index (χ1v) is 6.24. The van der Waals surface area contributed by atoms with Gasteiger partial charge in [-0.2, -0.15) is 0 Å². The number of aromatic nitrogens is 2. The molecule has 90 valence electrons. The van der Waals surface area contributed by atoms with Crippen molar-refractivity contribution in [1.29, 1.82) is 0 Å². The molecule has 0 fully saturated rings. The minimum atomic E-state index is 0.680. The minimum Gasteiger partial charge on any atom is -0.338 e. The first-order chi connectivity index (χ1) is 8.63. The van der Waals surface area contributed by atoms with Gasteiger partial charge in [0, 0.05) is 5.56 Å². The van der Waals surface area contributed by atoms with Crippen molar-refractivity contribution in [2.75, 3.05) is 0 Å². The van der Waals surface area contributed by atoms with Gasteiger partial charge >= 0.3 is 0 Å². The van der Waals surface area contributed by atoms with E-state index < -0.39 is 0 Å². The monoisotopic (exact) mass is 256 g/mol. The van der Waals surface area contributed by atoms with Crippen LogP contribution in [0, 0.1) is 13.8 Å². The summed E-state index contributed by atoms with van der Waals surface area (Å²) in [7, 11) is 0. The van der Waals surface area contributed by atoms with Gasteiger partial charge in [-0.25, -0.2) is 4.98 Å². The van der Waals surface area contributed by atoms with Gasteiger partial charge in [-0.3, -0.25) is 0 Å². The fourth-order valence-corrected chi connectivity index (χ4v) is 2.46. The third-order valence-electron chi connectivity index (χ3n) is 2.96. The summed E-state index contributed by atoms with van der Waals surface area (Å²) < 4.78 is 0. The number of para-hydroxylation sites is 1. The van der Waals surface area contributed by atoms with E-state index in [-0.39, 0.29) is 0 Å². The van der Waals surface area contributed by atoms with Crippen LogP contribution in [-0.4, -0.2) is 9.97 Å². The second kappa shape index (κ2) is 4.14. The van der Waals surface area contributed by atoms with E-state index in [4.69, 9.17) is 11.6 Å². The molecular weight excluding hydrogens is 244 g/mol. The van der Waals surface area contributed by atoms with E-state index in [0.717, 1.165) is 22.4 Å². The number of H-pyrrole nitrogens is 1. The molecule has 0 aliphatic carbocycles. The Kier molecular flexibility index (Phi) is 2.60. The van der Waals surface area contributed by atoms with E-state index in [1.165, 1.54) is 11.1 Å². The maximum Gasteiger partial charge on any atom is 0.138 e. The molecule has 0 spiro atoms. The van der Waals surface area contributed by atoms with Crippen LogP contribution in [0.5, 0.6) is 0 Å². The van der Waals surface area contributed by atoms with Crippen molar-refractivity contribution in [2.45, 2.75) is 13.8 Å². The van der Waals surface area contributed by atoms with Gasteiger partial charge in [0.05, 0.1) is 10.5 Å². The summed E-state index contributed by atoms with van der Waals surface area (Å²) in [5, 5.41) is 0.680. The highest BCUT2D eigenvalue weighted by Gasteiger charge is 2.08. The fraction of sp³-hybridized carbons (Fsp3) is 0.133. The average molecular weight is 257 g/mol. The molecule has 1 N–H and O–H groups in total. The number of fused-ring (bicyclic) bond motifs is 1. The summed E-state index contributed by atoms with van der Waals surface area (Å²) in [6.45, 7) is 4.18. The van der Waals surface area contributed by atoms with Gasteiger partial charge in [-0.1, -0.05) is 34.9 Å². The summed E-state index contributed by atoms with van der Waals surface area (Å²) >= 11 is 6.14. The molecule has 0 aliphatic heterocycles. The Morgan fingerprint density at radius 3 is 2.44 bits per heavy atom. The summed E-state index contributed by atoms with van der Waals surface area (Å²) in [5.41, 5.74) is 5.36. The number of hydrogen-bond acceptors (Lipinski definition) is 1. The molecule has 0 amide bonds. The second-order valence-electron chi connectivity index (χ2n) is 4.60. The molecular formula is C15H13ClN2. The molecule has 1 aromatic heterocycles. The quantitative estimate of drug-likeness (QED) is 0.682. The number of hydrogen-bond donors (Lipinski definition) is 1. The molecule has 0 aliphatic rings. The van der Waals surface area contributed by atoms with Gasteiger partial charge in [0.25, 0.3) is 0 Å². The molecule has 1 heterocycles. The van der Waals surface area contributed by atoms with Crippen LogP contribution in [0.4, 0.5) is 0 Å². The van der Waals surface area contributed by atoms with E-state index in [1.807, 2.05) is 18.2 Å². The molecule has 3 heteroatoms. The molecule has 3 rings (SSSR count). The largest absolute Gasteiger partial charge is 0.338 e. The lowest BCUT2D eigenvalue weighted by Gasteiger charge is -2.01. The van der Waals surface area contributed by atoms with Crippen molar-refractivity contribution >= 4 is 22.6 Å². The zero-order valence-corrected chi connectivity index (χ0v) is 11.0. The topological polar surface area (TPSA) is 28.7 Å². The van der Waals surface area contributed by atoms with Crippen LogP contribution in [0.2, 0.25) is 5.02 Å². The highest BCUT2D eigenvalue weighted by Crippen LogP contribution is 2.26. The van der Waals surface area contributed by atoms with E-state index in [9.17, 15) is 0 Å². The third-order valence-corrected chi connectivity index (χ3v) is 3.26. The van der Waals surface area contributed by atoms with E-state index in [1.54, 1.807) is 0 Å². The van der Waals surface area contributed by atoms with Crippen molar-refractivity contribution in [3.63, 3.8) is 0 Å². The predicted molar refractivity (Wildman–Crippen MR) is 76.0 cm³/mol. The predicted octanol–water partition coefficient (Wildman–Crippen LogP) is 4.50. The number of halogens is 1. The van der Waals surface area contributed by atoms with Crippen molar-refractivity contribution < 1.29 is 0 Å². The molecule has 0 saturated heterocycles. The summed E-state index contributed by atoms with van der Waals surface area (Å²) in [6.07, 6.45) is 0. The van der Waals surface area contributed by atoms with Crippen LogP contribution in [-0.2, 0) is 0 Å². The molecule has 2 nitrogen and oxygen atoms in total. The van der Waals surface area contributed by atoms with Gasteiger partial charge in [0.1, 0.15) is 11.3 Å². The molecule has 2 aromatic carbocycles. The zero-order chi connectivity index (χ0) is 12.7. The lowest BCUT2D eigenvalue weighted by molar-refractivity contribution is 1.30. The summed E-state index contributed by atoms with van der Waals surface area (Å²) in [4.78, 5) is 7.89. The van der Waals surface area contributed by atoms with Crippen LogP contribution < -0.4 is 0 Å². The highest BCUT2D eigenvalue weighted by atomic mass is 35.5. The van der Waals surface area contributed by atoms with Gasteiger partial charge < -0.3 is 4.98 Å². The summed E-state index contributed by atoms with van der Waals surface area (Å²) in [5.74, 6) is 0.866. The Labute approximate surface area is 111 Å². The molecule has 18 heavy (non-hydrogen) atoms. The Morgan fingerprint density at radius 1 is 1.06 bits per heavy atom. The Morgan fingerprint density at radius 2 is 1.78 bits per heavy atom. The Bertz CT molecular complexity index is 708. The molecule has 0 unspecified atom stereocenters. The SMILES string of the molecule is Cc1cc(C)cc(-c2nc3c(Cl)cccc3[nH]2)c1. The number of benzene rings is 2. The lowest BCUT2D eigenvalue weighted by atomic mass is 10.1. The molecule has 0 radical (unpaired) electrons. The highest BCUT2D eigenvalue weighted by molar-refractivity contribution is 6.34. The molecule has 0 atom stereocenters. The number of rotatable bonds is 1. The smallest absolute Gasteiger partial charge is 0.138 e. The van der Waals surface area contributed by atoms with Crippen LogP contribution in [0.3, 0.4) is 0 Å². The van der Waals surface area contributed by atoms with Gasteiger partial charge in [-0.15, -0.1) is 0 Å². The molecule has 3 aromatic rings. The Balaban J connectivity index is 2.22. The second-order valence-corrected chi connectivity index (χ2v) is 5.01. The maximum atomic E-state index is 6.14. The van der Waals surface area contributed by atoms with Gasteiger partial charge in [0.15, 0.2) is 0 Å². The van der Waals surface area contributed by atoms with E-state index >= 15 is 0 Å². The van der Waals surface area contributed by atoms with E-state index in [2.05, 4.69) is 42.0 Å². The minimum absolute atomic E-state index is 0.680. The summed E-state index contributed by atoms with van der Waals surface area (Å²) in [6, 6.07) is 12.2. The van der Waals surface area contributed by atoms with Crippen molar-refractivity contribution in [3.8, 4) is 11.4 Å². The maximum absolute atomic E-state index is 6.14. The van der Waals surface area contributed by atoms with E-state index in [0.29, 0.717) is 5.02 Å². The van der Waals surface area contributed by atoms with Crippen LogP contribution in [0.15, 0.2) is 36.4 Å². The number of imidazole rings is 1. The van der Waals surface area contributed by atoms with Crippen LogP contribution in [0.1, 0.15) is 11.1 Å². The van der Waals surface area contributed by atoms with Crippen molar-refractivity contribution in [2.24, 2.45) is 0 Å². The third kappa shape index (κ3) is 1.89. The van der Waals surface area contributed by atoms with Gasteiger partial charge in [0.2, 0.25) is 0 Å². The van der Waals surface area contributed by atoms with Crippen LogP contribution in [0.25, 0.3) is 22.4 Å². The first kappa shape index (κ1) is 11.3. The number of nitrogens with one attached hydrogen (secondary N) is 1. The van der Waals surface area contributed by atoms with Crippen molar-refractivity contribution in [3.05, 3.63) is 52.5 Å². The zero-order valence-electron chi connectivity index (χ0n) is 10.3. The molecule has 0 saturated carbocycles. The molecule has 0 bridgehead atoms. The fourth-order valence-electron chi connectivity index (χ4n) is 2.25. The normalized spacial score (nSPS) is 11.1. The number of aromatic amines is 1. The number of nitrogens with zero attached hydrogens (tertiary/aromatic N) is 1. The standard InChI is InChI=1S/C15H13ClN2/c1-9-6-10(2)8-11(7-9)15-17-13-5-3-4-12(16)14(13)18-15/h3-8H,1-2H3,(H,17,18). The van der Waals surface area contributed by atoms with Gasteiger partial charge in [-0.05, 0) is 38.1 Å². The average Bonchev–Trinajstić information content (AvgIpc) is 2.73. The van der Waals surface area contributed by atoms with Crippen molar-refractivity contribution in [1.82, 2.24) is 9.97 Å². The van der Waals surface area contributed by atoms with Crippen LogP contribution >= 0.6 is 11.6 Å².